The Hall–Kier alpha value is -2.73. The summed E-state index contributed by atoms with van der Waals surface area (Å²) in [6.45, 7) is 3.71. The Morgan fingerprint density at radius 1 is 1.35 bits per heavy atom. The summed E-state index contributed by atoms with van der Waals surface area (Å²) in [5, 5.41) is 4.81. The minimum absolute atomic E-state index is 0.270. The molecule has 2 aromatic heterocycles. The number of carbonyl (C=O) groups excluding carboxylic acids is 1. The molecule has 1 amide bonds. The van der Waals surface area contributed by atoms with Gasteiger partial charge in [0.05, 0.1) is 23.5 Å². The molecule has 0 fully saturated rings. The van der Waals surface area contributed by atoms with Crippen molar-refractivity contribution in [3.8, 4) is 5.69 Å². The van der Waals surface area contributed by atoms with E-state index in [0.29, 0.717) is 11.3 Å². The molecule has 3 aromatic rings. The molecule has 1 unspecified atom stereocenters. The minimum atomic E-state index is -0.622. The Balaban J connectivity index is 2.04. The Morgan fingerprint density at radius 3 is 2.73 bits per heavy atom. The van der Waals surface area contributed by atoms with E-state index in [9.17, 15) is 9.18 Å². The molecule has 1 atom stereocenters. The molecule has 0 saturated carbocycles. The van der Waals surface area contributed by atoms with Gasteiger partial charge in [0.15, 0.2) is 0 Å². The third kappa shape index (κ3) is 3.46. The highest BCUT2D eigenvalue weighted by atomic mass is 35.5. The first kappa shape index (κ1) is 18.1. The smallest absolute Gasteiger partial charge is 0.225 e. The van der Waals surface area contributed by atoms with Gasteiger partial charge >= 0.3 is 0 Å². The first-order chi connectivity index (χ1) is 12.4. The van der Waals surface area contributed by atoms with Crippen LogP contribution in [0.2, 0.25) is 5.02 Å². The number of hydrogen-bond acceptors (Lipinski definition) is 3. The van der Waals surface area contributed by atoms with Crippen molar-refractivity contribution < 1.29 is 9.18 Å². The minimum Gasteiger partial charge on any atom is -0.369 e. The van der Waals surface area contributed by atoms with Crippen LogP contribution in [0.3, 0.4) is 0 Å². The molecule has 0 bridgehead atoms. The van der Waals surface area contributed by atoms with Gasteiger partial charge in [-0.25, -0.2) is 9.07 Å². The van der Waals surface area contributed by atoms with Crippen LogP contribution in [-0.4, -0.2) is 20.7 Å². The zero-order valence-electron chi connectivity index (χ0n) is 14.4. The molecular formula is C19H18ClFN4O. The van der Waals surface area contributed by atoms with Crippen LogP contribution in [0.4, 0.5) is 4.39 Å². The van der Waals surface area contributed by atoms with E-state index in [1.807, 2.05) is 26.0 Å². The lowest BCUT2D eigenvalue weighted by Crippen LogP contribution is -2.24. The average molecular weight is 373 g/mol. The highest BCUT2D eigenvalue weighted by Gasteiger charge is 2.27. The summed E-state index contributed by atoms with van der Waals surface area (Å²) in [5.74, 6) is -1.53. The van der Waals surface area contributed by atoms with Gasteiger partial charge in [-0.3, -0.25) is 9.78 Å². The molecule has 5 nitrogen and oxygen atoms in total. The molecule has 0 radical (unpaired) electrons. The highest BCUT2D eigenvalue weighted by molar-refractivity contribution is 6.31. The summed E-state index contributed by atoms with van der Waals surface area (Å²) in [5.41, 5.74) is 9.38. The maximum Gasteiger partial charge on any atom is 0.225 e. The second-order valence-corrected chi connectivity index (χ2v) is 6.51. The molecule has 2 heterocycles. The first-order valence-corrected chi connectivity index (χ1v) is 8.46. The first-order valence-electron chi connectivity index (χ1n) is 8.08. The molecule has 3 rings (SSSR count). The molecule has 0 saturated heterocycles. The summed E-state index contributed by atoms with van der Waals surface area (Å²) >= 11 is 6.13. The van der Waals surface area contributed by atoms with Crippen LogP contribution in [0.1, 0.15) is 28.4 Å². The van der Waals surface area contributed by atoms with Crippen LogP contribution in [-0.2, 0) is 11.2 Å². The normalized spacial score (nSPS) is 12.2. The average Bonchev–Trinajstić information content (AvgIpc) is 2.89. The summed E-state index contributed by atoms with van der Waals surface area (Å²) in [7, 11) is 0. The lowest BCUT2D eigenvalue weighted by Gasteiger charge is -2.16. The standard InChI is InChI=1S/C19H18ClFN4O/c1-11-18(12(2)25(24-11)15-4-3-7-23-10-15)16(19(22)26)8-13-5-6-14(21)9-17(13)20/h3-7,9-10,16H,8H2,1-2H3,(H2,22,26). The number of aromatic nitrogens is 3. The number of hydrogen-bond donors (Lipinski definition) is 1. The Kier molecular flexibility index (Phi) is 5.04. The number of pyridine rings is 1. The number of amides is 1. The Morgan fingerprint density at radius 2 is 2.12 bits per heavy atom. The molecule has 0 spiro atoms. The van der Waals surface area contributed by atoms with Crippen LogP contribution < -0.4 is 5.73 Å². The van der Waals surface area contributed by atoms with E-state index in [1.165, 1.54) is 12.1 Å². The van der Waals surface area contributed by atoms with Gasteiger partial charge in [-0.2, -0.15) is 5.10 Å². The van der Waals surface area contributed by atoms with E-state index in [4.69, 9.17) is 17.3 Å². The summed E-state index contributed by atoms with van der Waals surface area (Å²) in [4.78, 5) is 16.3. The zero-order valence-corrected chi connectivity index (χ0v) is 15.2. The van der Waals surface area contributed by atoms with Gasteiger partial charge in [-0.05, 0) is 50.1 Å². The van der Waals surface area contributed by atoms with Crippen molar-refractivity contribution >= 4 is 17.5 Å². The molecular weight excluding hydrogens is 355 g/mol. The molecule has 0 aliphatic carbocycles. The van der Waals surface area contributed by atoms with Crippen LogP contribution in [0.15, 0.2) is 42.7 Å². The van der Waals surface area contributed by atoms with Crippen LogP contribution in [0.25, 0.3) is 5.69 Å². The van der Waals surface area contributed by atoms with Crippen molar-refractivity contribution in [2.45, 2.75) is 26.2 Å². The molecule has 7 heteroatoms. The van der Waals surface area contributed by atoms with Gasteiger partial charge in [0, 0.05) is 22.5 Å². The third-order valence-corrected chi connectivity index (χ3v) is 4.72. The van der Waals surface area contributed by atoms with Crippen molar-refractivity contribution in [2.24, 2.45) is 5.73 Å². The number of halogens is 2. The van der Waals surface area contributed by atoms with E-state index in [-0.39, 0.29) is 11.4 Å². The number of primary amides is 1. The number of carbonyl (C=O) groups is 1. The topological polar surface area (TPSA) is 73.8 Å². The predicted octanol–water partition coefficient (Wildman–Crippen LogP) is 3.49. The van der Waals surface area contributed by atoms with E-state index in [0.717, 1.165) is 16.9 Å². The molecule has 2 N–H and O–H groups in total. The molecule has 26 heavy (non-hydrogen) atoms. The van der Waals surface area contributed by atoms with Crippen molar-refractivity contribution in [1.29, 1.82) is 0 Å². The number of nitrogens with zero attached hydrogens (tertiary/aromatic N) is 3. The number of aryl methyl sites for hydroxylation is 1. The van der Waals surface area contributed by atoms with Gasteiger partial charge < -0.3 is 5.73 Å². The number of nitrogens with two attached hydrogens (primary N) is 1. The fourth-order valence-electron chi connectivity index (χ4n) is 3.14. The van der Waals surface area contributed by atoms with E-state index < -0.39 is 17.6 Å². The fraction of sp³-hybridized carbons (Fsp3) is 0.211. The summed E-state index contributed by atoms with van der Waals surface area (Å²) in [6.07, 6.45) is 3.65. The zero-order chi connectivity index (χ0) is 18.8. The SMILES string of the molecule is Cc1nn(-c2cccnc2)c(C)c1C(Cc1ccc(F)cc1Cl)C(N)=O. The largest absolute Gasteiger partial charge is 0.369 e. The Labute approximate surface area is 155 Å². The van der Waals surface area contributed by atoms with E-state index in [1.54, 1.807) is 23.1 Å². The monoisotopic (exact) mass is 372 g/mol. The highest BCUT2D eigenvalue weighted by Crippen LogP contribution is 2.30. The summed E-state index contributed by atoms with van der Waals surface area (Å²) in [6, 6.07) is 7.82. The van der Waals surface area contributed by atoms with E-state index in [2.05, 4.69) is 10.1 Å². The fourth-order valence-corrected chi connectivity index (χ4v) is 3.39. The molecule has 0 aliphatic rings. The van der Waals surface area contributed by atoms with Crippen molar-refractivity contribution in [3.63, 3.8) is 0 Å². The lowest BCUT2D eigenvalue weighted by atomic mass is 9.90. The molecule has 0 aliphatic heterocycles. The van der Waals surface area contributed by atoms with Gasteiger partial charge in [0.1, 0.15) is 5.82 Å². The third-order valence-electron chi connectivity index (χ3n) is 4.37. The van der Waals surface area contributed by atoms with Gasteiger partial charge in [0.25, 0.3) is 0 Å². The van der Waals surface area contributed by atoms with Crippen molar-refractivity contribution in [2.75, 3.05) is 0 Å². The van der Waals surface area contributed by atoms with Crippen LogP contribution in [0.5, 0.6) is 0 Å². The number of rotatable bonds is 5. The Bertz CT molecular complexity index is 956. The predicted molar refractivity (Wildman–Crippen MR) is 97.9 cm³/mol. The van der Waals surface area contributed by atoms with E-state index >= 15 is 0 Å². The lowest BCUT2D eigenvalue weighted by molar-refractivity contribution is -0.119. The maximum absolute atomic E-state index is 13.3. The number of benzene rings is 1. The summed E-state index contributed by atoms with van der Waals surface area (Å²) < 4.78 is 15.0. The maximum atomic E-state index is 13.3. The second-order valence-electron chi connectivity index (χ2n) is 6.10. The van der Waals surface area contributed by atoms with Crippen LogP contribution in [0, 0.1) is 19.7 Å². The van der Waals surface area contributed by atoms with Crippen molar-refractivity contribution in [3.05, 3.63) is 76.1 Å². The molecule has 134 valence electrons. The second kappa shape index (κ2) is 7.25. The quantitative estimate of drug-likeness (QED) is 0.745. The van der Waals surface area contributed by atoms with Gasteiger partial charge in [-0.15, -0.1) is 0 Å². The van der Waals surface area contributed by atoms with Gasteiger partial charge in [-0.1, -0.05) is 17.7 Å². The molecule has 1 aromatic carbocycles. The van der Waals surface area contributed by atoms with Gasteiger partial charge in [0.2, 0.25) is 5.91 Å². The van der Waals surface area contributed by atoms with Crippen LogP contribution >= 0.6 is 11.6 Å². The van der Waals surface area contributed by atoms with Crippen molar-refractivity contribution in [1.82, 2.24) is 14.8 Å².